The summed E-state index contributed by atoms with van der Waals surface area (Å²) in [5.41, 5.74) is -1.01. The Morgan fingerprint density at radius 3 is 2.40 bits per heavy atom. The van der Waals surface area contributed by atoms with Crippen molar-refractivity contribution in [3.8, 4) is 0 Å². The van der Waals surface area contributed by atoms with E-state index in [-0.39, 0.29) is 28.5 Å². The quantitative estimate of drug-likeness (QED) is 0.591. The van der Waals surface area contributed by atoms with Crippen LogP contribution in [0.2, 0.25) is 0 Å². The van der Waals surface area contributed by atoms with Gasteiger partial charge in [-0.15, -0.1) is 0 Å². The minimum absolute atomic E-state index is 0.0184. The molecule has 0 bridgehead atoms. The van der Waals surface area contributed by atoms with E-state index in [1.807, 2.05) is 0 Å². The number of rotatable bonds is 6. The van der Waals surface area contributed by atoms with Gasteiger partial charge < -0.3 is 10.2 Å². The molecule has 2 aromatic rings. The van der Waals surface area contributed by atoms with Crippen LogP contribution in [0.4, 0.5) is 17.6 Å². The number of benzene rings is 2. The molecule has 2 fully saturated rings. The number of hydrogen-bond donors (Lipinski definition) is 1. The molecule has 1 saturated heterocycles. The Morgan fingerprint density at radius 1 is 1.09 bits per heavy atom. The lowest BCUT2D eigenvalue weighted by Gasteiger charge is -2.27. The molecule has 2 aliphatic rings. The largest absolute Gasteiger partial charge is 0.416 e. The van der Waals surface area contributed by atoms with E-state index in [0.29, 0.717) is 31.7 Å². The topological polar surface area (TPSA) is 83.6 Å². The number of sulfone groups is 1. The van der Waals surface area contributed by atoms with Gasteiger partial charge in [-0.1, -0.05) is 12.1 Å². The normalized spacial score (nSPS) is 19.5. The highest BCUT2D eigenvalue weighted by molar-refractivity contribution is 7.90. The van der Waals surface area contributed by atoms with Gasteiger partial charge in [-0.05, 0) is 61.9 Å². The van der Waals surface area contributed by atoms with Crippen LogP contribution in [-0.2, 0) is 20.8 Å². The van der Waals surface area contributed by atoms with Crippen LogP contribution in [0.3, 0.4) is 0 Å². The SMILES string of the molecule is CS(=O)(=O)c1cccc(C(=O)N2CCC[C@@H]2C(=O)N[C@@H](c2ccc(C(F)(F)F)cc2F)C2CC2)c1. The van der Waals surface area contributed by atoms with Crippen molar-refractivity contribution in [3.63, 3.8) is 0 Å². The van der Waals surface area contributed by atoms with Crippen molar-refractivity contribution in [2.24, 2.45) is 5.92 Å². The Balaban J connectivity index is 1.54. The van der Waals surface area contributed by atoms with Gasteiger partial charge in [0.05, 0.1) is 16.5 Å². The third-order valence-electron chi connectivity index (χ3n) is 6.38. The van der Waals surface area contributed by atoms with Gasteiger partial charge in [0.25, 0.3) is 5.91 Å². The van der Waals surface area contributed by atoms with Gasteiger partial charge in [0.15, 0.2) is 9.84 Å². The molecule has 4 rings (SSSR count). The highest BCUT2D eigenvalue weighted by Crippen LogP contribution is 2.43. The maximum atomic E-state index is 14.6. The number of halogens is 4. The summed E-state index contributed by atoms with van der Waals surface area (Å²) in [5.74, 6) is -2.18. The summed E-state index contributed by atoms with van der Waals surface area (Å²) in [5, 5.41) is 2.76. The van der Waals surface area contributed by atoms with E-state index < -0.39 is 51.3 Å². The molecule has 0 spiro atoms. The first-order valence-electron chi connectivity index (χ1n) is 11.1. The molecule has 35 heavy (non-hydrogen) atoms. The predicted octanol–water partition coefficient (Wildman–Crippen LogP) is 4.12. The number of nitrogens with zero attached hydrogens (tertiary/aromatic N) is 1. The van der Waals surface area contributed by atoms with Gasteiger partial charge in [0, 0.05) is 23.9 Å². The fraction of sp³-hybridized carbons (Fsp3) is 0.417. The fourth-order valence-corrected chi connectivity index (χ4v) is 5.06. The van der Waals surface area contributed by atoms with Crippen LogP contribution in [-0.4, -0.2) is 44.0 Å². The fourth-order valence-electron chi connectivity index (χ4n) is 4.39. The highest BCUT2D eigenvalue weighted by atomic mass is 32.2. The van der Waals surface area contributed by atoms with Crippen molar-refractivity contribution in [2.75, 3.05) is 12.8 Å². The smallest absolute Gasteiger partial charge is 0.347 e. The van der Waals surface area contributed by atoms with Crippen LogP contribution in [0.15, 0.2) is 47.4 Å². The van der Waals surface area contributed by atoms with Crippen molar-refractivity contribution in [3.05, 3.63) is 65.0 Å². The van der Waals surface area contributed by atoms with Gasteiger partial charge >= 0.3 is 6.18 Å². The maximum Gasteiger partial charge on any atom is 0.416 e. The zero-order chi connectivity index (χ0) is 25.5. The van der Waals surface area contributed by atoms with Gasteiger partial charge in [0.2, 0.25) is 5.91 Å². The van der Waals surface area contributed by atoms with Gasteiger partial charge in [-0.25, -0.2) is 12.8 Å². The van der Waals surface area contributed by atoms with Crippen LogP contribution >= 0.6 is 0 Å². The Bertz CT molecular complexity index is 1260. The van der Waals surface area contributed by atoms with Crippen molar-refractivity contribution in [1.29, 1.82) is 0 Å². The van der Waals surface area contributed by atoms with Crippen molar-refractivity contribution in [2.45, 2.75) is 48.8 Å². The standard InChI is InChI=1S/C24H24F4N2O4S/c1-35(33,34)17-5-2-4-15(12-17)23(32)30-11-3-6-20(30)22(31)29-21(14-7-8-14)18-10-9-16(13-19(18)25)24(26,27)28/h2,4-5,9-10,12-14,20-21H,3,6-8,11H2,1H3,(H,29,31)/t20-,21-/m1/s1. The molecule has 0 aromatic heterocycles. The molecular weight excluding hydrogens is 488 g/mol. The molecule has 11 heteroatoms. The molecule has 1 heterocycles. The van der Waals surface area contributed by atoms with E-state index in [0.717, 1.165) is 18.4 Å². The zero-order valence-corrected chi connectivity index (χ0v) is 19.6. The van der Waals surface area contributed by atoms with E-state index >= 15 is 0 Å². The first kappa shape index (κ1) is 25.2. The number of carbonyl (C=O) groups excluding carboxylic acids is 2. The van der Waals surface area contributed by atoms with Crippen molar-refractivity contribution < 1.29 is 35.6 Å². The molecular formula is C24H24F4N2O4S. The minimum Gasteiger partial charge on any atom is -0.347 e. The molecule has 1 aliphatic carbocycles. The second-order valence-corrected chi connectivity index (χ2v) is 11.0. The summed E-state index contributed by atoms with van der Waals surface area (Å²) in [6.07, 6.45) is -1.37. The Morgan fingerprint density at radius 2 is 1.80 bits per heavy atom. The maximum absolute atomic E-state index is 14.6. The molecule has 1 N–H and O–H groups in total. The first-order chi connectivity index (χ1) is 16.4. The third kappa shape index (κ3) is 5.50. The summed E-state index contributed by atoms with van der Waals surface area (Å²) in [4.78, 5) is 27.6. The van der Waals surface area contributed by atoms with E-state index in [4.69, 9.17) is 0 Å². The third-order valence-corrected chi connectivity index (χ3v) is 7.49. The molecule has 0 radical (unpaired) electrons. The highest BCUT2D eigenvalue weighted by Gasteiger charge is 2.40. The van der Waals surface area contributed by atoms with Gasteiger partial charge in [-0.2, -0.15) is 13.2 Å². The molecule has 2 aromatic carbocycles. The number of likely N-dealkylation sites (tertiary alicyclic amines) is 1. The minimum atomic E-state index is -4.68. The second kappa shape index (κ2) is 9.25. The summed E-state index contributed by atoms with van der Waals surface area (Å²) in [7, 11) is -3.53. The molecule has 1 aliphatic heterocycles. The van der Waals surface area contributed by atoms with Crippen LogP contribution in [0.25, 0.3) is 0 Å². The van der Waals surface area contributed by atoms with Gasteiger partial charge in [-0.3, -0.25) is 9.59 Å². The van der Waals surface area contributed by atoms with Crippen LogP contribution in [0, 0.1) is 11.7 Å². The molecule has 188 valence electrons. The lowest BCUT2D eigenvalue weighted by Crippen LogP contribution is -2.47. The first-order valence-corrected chi connectivity index (χ1v) is 13.0. The van der Waals surface area contributed by atoms with Crippen molar-refractivity contribution in [1.82, 2.24) is 10.2 Å². The summed E-state index contributed by atoms with van der Waals surface area (Å²) in [6, 6.07) is 6.15. The number of alkyl halides is 3. The van der Waals surface area contributed by atoms with E-state index in [1.165, 1.54) is 29.2 Å². The van der Waals surface area contributed by atoms with E-state index in [1.54, 1.807) is 0 Å². The van der Waals surface area contributed by atoms with Crippen LogP contribution in [0.1, 0.15) is 53.2 Å². The van der Waals surface area contributed by atoms with Crippen LogP contribution in [0.5, 0.6) is 0 Å². The molecule has 2 atom stereocenters. The Hall–Kier alpha value is -2.95. The lowest BCUT2D eigenvalue weighted by atomic mass is 9.99. The number of amides is 2. The lowest BCUT2D eigenvalue weighted by molar-refractivity contribution is -0.137. The molecule has 1 saturated carbocycles. The molecule has 6 nitrogen and oxygen atoms in total. The van der Waals surface area contributed by atoms with E-state index in [9.17, 15) is 35.6 Å². The average Bonchev–Trinajstić information content (AvgIpc) is 3.51. The second-order valence-electron chi connectivity index (χ2n) is 9.01. The number of carbonyl (C=O) groups is 2. The zero-order valence-electron chi connectivity index (χ0n) is 18.8. The Labute approximate surface area is 200 Å². The number of nitrogens with one attached hydrogen (secondary N) is 1. The molecule has 2 amide bonds. The summed E-state index contributed by atoms with van der Waals surface area (Å²) < 4.78 is 77.1. The number of hydrogen-bond acceptors (Lipinski definition) is 4. The summed E-state index contributed by atoms with van der Waals surface area (Å²) >= 11 is 0. The van der Waals surface area contributed by atoms with Crippen molar-refractivity contribution >= 4 is 21.7 Å². The van der Waals surface area contributed by atoms with Gasteiger partial charge in [0.1, 0.15) is 11.9 Å². The average molecular weight is 513 g/mol. The summed E-state index contributed by atoms with van der Waals surface area (Å²) in [6.45, 7) is 0.281. The molecule has 0 unspecified atom stereocenters. The monoisotopic (exact) mass is 512 g/mol. The Kier molecular flexibility index (Phi) is 6.65. The predicted molar refractivity (Wildman–Crippen MR) is 119 cm³/mol. The van der Waals surface area contributed by atoms with Crippen LogP contribution < -0.4 is 5.32 Å². The van der Waals surface area contributed by atoms with E-state index in [2.05, 4.69) is 5.32 Å².